The van der Waals surface area contributed by atoms with E-state index in [1.165, 1.54) is 30.6 Å². The van der Waals surface area contributed by atoms with E-state index in [0.717, 1.165) is 0 Å². The zero-order valence-corrected chi connectivity index (χ0v) is 30.3. The monoisotopic (exact) mass is 743 g/mol. The summed E-state index contributed by atoms with van der Waals surface area (Å²) in [5, 5.41) is 29.0. The second-order valence-corrected chi connectivity index (χ2v) is 14.8. The zero-order valence-electron chi connectivity index (χ0n) is 30.3. The number of fused-ring (bicyclic) bond motifs is 2. The van der Waals surface area contributed by atoms with Gasteiger partial charge in [-0.3, -0.25) is 9.59 Å². The number of carbonyl (C=O) groups excluding carboxylic acids is 2. The topological polar surface area (TPSA) is 164 Å². The summed E-state index contributed by atoms with van der Waals surface area (Å²) in [6, 6.07) is 13.8. The van der Waals surface area contributed by atoms with Crippen LogP contribution in [-0.4, -0.2) is 88.1 Å². The Morgan fingerprint density at radius 3 is 2.26 bits per heavy atom. The molecule has 1 aromatic heterocycles. The van der Waals surface area contributed by atoms with Gasteiger partial charge in [-0.15, -0.1) is 13.2 Å². The number of hydrogen-bond donors (Lipinski definition) is 5. The van der Waals surface area contributed by atoms with Gasteiger partial charge in [-0.05, 0) is 102 Å². The highest BCUT2D eigenvalue weighted by Gasteiger charge is 2.53. The van der Waals surface area contributed by atoms with E-state index in [4.69, 9.17) is 9.47 Å². The number of anilines is 2. The minimum absolute atomic E-state index is 0.00143. The van der Waals surface area contributed by atoms with E-state index < -0.39 is 29.8 Å². The SMILES string of the molecule is CC(C)(CCNC(=O)C1CC2CC1C(O)C2O)OCCC(C)(C)OCCNC(=O)c1cccc(-c2cc(Nc3ccc(OC(F)(F)F)cc3)ncn2)c1. The molecule has 5 rings (SSSR count). The average molecular weight is 744 g/mol. The average Bonchev–Trinajstić information content (AvgIpc) is 3.66. The molecule has 0 spiro atoms. The molecule has 3 aromatic rings. The summed E-state index contributed by atoms with van der Waals surface area (Å²) in [5.74, 6) is -0.720. The molecule has 288 valence electrons. The number of aliphatic hydroxyl groups excluding tert-OH is 2. The van der Waals surface area contributed by atoms with Crippen molar-refractivity contribution in [2.24, 2.45) is 17.8 Å². The molecule has 53 heavy (non-hydrogen) atoms. The van der Waals surface area contributed by atoms with Crippen molar-refractivity contribution in [3.05, 3.63) is 66.5 Å². The first-order chi connectivity index (χ1) is 25.0. The lowest BCUT2D eigenvalue weighted by Gasteiger charge is -2.31. The first-order valence-corrected chi connectivity index (χ1v) is 17.7. The zero-order chi connectivity index (χ0) is 38.4. The molecule has 5 N–H and O–H groups in total. The predicted molar refractivity (Wildman–Crippen MR) is 190 cm³/mol. The van der Waals surface area contributed by atoms with Crippen molar-refractivity contribution in [2.75, 3.05) is 31.6 Å². The van der Waals surface area contributed by atoms with E-state index in [0.29, 0.717) is 67.2 Å². The fraction of sp³-hybridized carbons (Fsp3) is 0.526. The molecule has 2 saturated carbocycles. The number of benzene rings is 2. The molecular formula is C38H48F3N5O7. The molecule has 5 atom stereocenters. The van der Waals surface area contributed by atoms with Crippen LogP contribution in [0.25, 0.3) is 11.3 Å². The lowest BCUT2D eigenvalue weighted by atomic mass is 9.84. The summed E-state index contributed by atoms with van der Waals surface area (Å²) in [7, 11) is 0. The van der Waals surface area contributed by atoms with Gasteiger partial charge in [0.05, 0.1) is 42.3 Å². The van der Waals surface area contributed by atoms with Gasteiger partial charge in [0.15, 0.2) is 0 Å². The molecule has 0 radical (unpaired) electrons. The smallest absolute Gasteiger partial charge is 0.406 e. The van der Waals surface area contributed by atoms with Crippen LogP contribution >= 0.6 is 0 Å². The van der Waals surface area contributed by atoms with Crippen molar-refractivity contribution in [1.29, 1.82) is 0 Å². The molecule has 12 nitrogen and oxygen atoms in total. The third kappa shape index (κ3) is 11.3. The van der Waals surface area contributed by atoms with Gasteiger partial charge in [-0.25, -0.2) is 9.97 Å². The second kappa shape index (κ2) is 16.8. The van der Waals surface area contributed by atoms with Crippen LogP contribution in [0.15, 0.2) is 60.9 Å². The highest BCUT2D eigenvalue weighted by atomic mass is 19.4. The van der Waals surface area contributed by atoms with Crippen LogP contribution in [-0.2, 0) is 14.3 Å². The van der Waals surface area contributed by atoms with E-state index in [-0.39, 0.29) is 48.5 Å². The third-order valence-electron chi connectivity index (χ3n) is 9.81. The van der Waals surface area contributed by atoms with Crippen molar-refractivity contribution >= 4 is 23.3 Å². The number of nitrogens with one attached hydrogen (secondary N) is 3. The van der Waals surface area contributed by atoms with Crippen molar-refractivity contribution in [3.8, 4) is 17.0 Å². The standard InChI is InChI=1S/C38H48F3N5O7/c1-36(2,12-14-42-35(50)29-20-25-19-28(29)33(48)32(25)47)51-16-13-37(3,4)52-17-15-43-34(49)24-7-5-6-23(18-24)30-21-31(45-22-44-30)46-26-8-10-27(11-9-26)53-38(39,40)41/h5-11,18,21-22,25,28-29,32-33,47-48H,12-17,19-20H2,1-4H3,(H,42,50)(H,43,49)(H,44,45,46). The van der Waals surface area contributed by atoms with Gasteiger partial charge in [0.1, 0.15) is 17.9 Å². The normalized spacial score (nSPS) is 21.3. The van der Waals surface area contributed by atoms with E-state index in [1.807, 2.05) is 27.7 Å². The first-order valence-electron chi connectivity index (χ1n) is 17.7. The summed E-state index contributed by atoms with van der Waals surface area (Å²) in [6.07, 6.45) is -2.45. The lowest BCUT2D eigenvalue weighted by molar-refractivity contribution is -0.274. The van der Waals surface area contributed by atoms with Crippen LogP contribution in [0.1, 0.15) is 63.7 Å². The number of aliphatic hydroxyl groups is 2. The van der Waals surface area contributed by atoms with Crippen molar-refractivity contribution in [2.45, 2.75) is 83.2 Å². The molecule has 2 aliphatic carbocycles. The van der Waals surface area contributed by atoms with Gasteiger partial charge in [-0.1, -0.05) is 12.1 Å². The summed E-state index contributed by atoms with van der Waals surface area (Å²) >= 11 is 0. The van der Waals surface area contributed by atoms with Crippen molar-refractivity contribution in [1.82, 2.24) is 20.6 Å². The van der Waals surface area contributed by atoms with Gasteiger partial charge < -0.3 is 40.4 Å². The van der Waals surface area contributed by atoms with Gasteiger partial charge >= 0.3 is 6.36 Å². The molecule has 1 heterocycles. The fourth-order valence-electron chi connectivity index (χ4n) is 6.82. The second-order valence-electron chi connectivity index (χ2n) is 14.8. The summed E-state index contributed by atoms with van der Waals surface area (Å²) in [6.45, 7) is 9.31. The highest BCUT2D eigenvalue weighted by molar-refractivity contribution is 5.95. The number of nitrogens with zero attached hydrogens (tertiary/aromatic N) is 2. The van der Waals surface area contributed by atoms with Crippen LogP contribution in [0.3, 0.4) is 0 Å². The lowest BCUT2D eigenvalue weighted by Crippen LogP contribution is -2.44. The number of aromatic nitrogens is 2. The molecular weight excluding hydrogens is 695 g/mol. The maximum Gasteiger partial charge on any atom is 0.573 e. The van der Waals surface area contributed by atoms with Gasteiger partial charge in [-0.2, -0.15) is 0 Å². The van der Waals surface area contributed by atoms with Crippen LogP contribution in [0.4, 0.5) is 24.7 Å². The van der Waals surface area contributed by atoms with Gasteiger partial charge in [0.2, 0.25) is 5.91 Å². The summed E-state index contributed by atoms with van der Waals surface area (Å²) in [5.41, 5.74) is 1.13. The molecule has 5 unspecified atom stereocenters. The van der Waals surface area contributed by atoms with Crippen molar-refractivity contribution < 1.29 is 47.2 Å². The minimum atomic E-state index is -4.78. The highest BCUT2D eigenvalue weighted by Crippen LogP contribution is 2.48. The Bertz CT molecular complexity index is 1700. The van der Waals surface area contributed by atoms with E-state index >= 15 is 0 Å². The van der Waals surface area contributed by atoms with Gasteiger partial charge in [0, 0.05) is 41.9 Å². The molecule has 15 heteroatoms. The van der Waals surface area contributed by atoms with Crippen LogP contribution in [0.5, 0.6) is 5.75 Å². The Kier molecular flexibility index (Phi) is 12.6. The first kappa shape index (κ1) is 39.9. The molecule has 2 amide bonds. The number of rotatable bonds is 17. The Balaban J connectivity index is 1.00. The summed E-state index contributed by atoms with van der Waals surface area (Å²) < 4.78 is 53.4. The Morgan fingerprint density at radius 2 is 1.57 bits per heavy atom. The molecule has 2 aromatic carbocycles. The van der Waals surface area contributed by atoms with E-state index in [2.05, 4.69) is 30.7 Å². The number of ether oxygens (including phenoxy) is 3. The Morgan fingerprint density at radius 1 is 0.849 bits per heavy atom. The Labute approximate surface area is 306 Å². The third-order valence-corrected chi connectivity index (χ3v) is 9.81. The van der Waals surface area contributed by atoms with Gasteiger partial charge in [0.25, 0.3) is 5.91 Å². The maximum absolute atomic E-state index is 13.0. The van der Waals surface area contributed by atoms with Crippen molar-refractivity contribution in [3.63, 3.8) is 0 Å². The molecule has 0 aliphatic heterocycles. The number of hydrogen-bond acceptors (Lipinski definition) is 10. The molecule has 2 fully saturated rings. The number of halogens is 3. The molecule has 0 saturated heterocycles. The number of alkyl halides is 3. The summed E-state index contributed by atoms with van der Waals surface area (Å²) in [4.78, 5) is 34.2. The van der Waals surface area contributed by atoms with E-state index in [1.54, 1.807) is 30.3 Å². The van der Waals surface area contributed by atoms with E-state index in [9.17, 15) is 33.0 Å². The van der Waals surface area contributed by atoms with Crippen LogP contribution < -0.4 is 20.7 Å². The minimum Gasteiger partial charge on any atom is -0.406 e. The molecule has 2 bridgehead atoms. The predicted octanol–water partition coefficient (Wildman–Crippen LogP) is 5.38. The molecule has 2 aliphatic rings. The van der Waals surface area contributed by atoms with Crippen LogP contribution in [0, 0.1) is 17.8 Å². The largest absolute Gasteiger partial charge is 0.573 e. The quantitative estimate of drug-likeness (QED) is 0.114. The number of amides is 2. The number of carbonyl (C=O) groups is 2. The Hall–Kier alpha value is -4.31. The maximum atomic E-state index is 13.0. The fourth-order valence-corrected chi connectivity index (χ4v) is 6.82. The van der Waals surface area contributed by atoms with Crippen LogP contribution in [0.2, 0.25) is 0 Å².